The predicted molar refractivity (Wildman–Crippen MR) is 53.1 cm³/mol. The van der Waals surface area contributed by atoms with Gasteiger partial charge in [0.05, 0.1) is 13.7 Å². The fraction of sp³-hybridized carbons (Fsp3) is 0.300. The van der Waals surface area contributed by atoms with Crippen LogP contribution in [-0.4, -0.2) is 24.7 Å². The van der Waals surface area contributed by atoms with E-state index in [1.165, 1.54) is 13.2 Å². The second-order valence-electron chi connectivity index (χ2n) is 2.65. The van der Waals surface area contributed by atoms with E-state index in [4.69, 9.17) is 14.9 Å². The summed E-state index contributed by atoms with van der Waals surface area (Å²) in [7, 11) is 1.46. The molecule has 0 saturated carbocycles. The molecule has 0 atom stereocenters. The molecule has 1 aromatic rings. The smallest absolute Gasteiger partial charge is 0.213 e. The molecule has 0 heterocycles. The third-order valence-electron chi connectivity index (χ3n) is 1.73. The zero-order chi connectivity index (χ0) is 10.6. The molecule has 1 rings (SSSR count). The third kappa shape index (κ3) is 2.16. The molecule has 1 aromatic carbocycles. The van der Waals surface area contributed by atoms with Crippen molar-refractivity contribution in [3.63, 3.8) is 0 Å². The average molecular weight is 195 g/mol. The van der Waals surface area contributed by atoms with E-state index in [0.717, 1.165) is 0 Å². The summed E-state index contributed by atoms with van der Waals surface area (Å²) in [6.45, 7) is 2.26. The van der Waals surface area contributed by atoms with Gasteiger partial charge in [0.25, 0.3) is 0 Å². The standard InChI is InChI=1S/C10H13NO3/c1-3-14-10(11)7-4-5-8(12)9(6-7)13-2/h4-6,11-12H,3H2,1-2H3. The molecule has 0 fully saturated rings. The van der Waals surface area contributed by atoms with E-state index >= 15 is 0 Å². The maximum Gasteiger partial charge on any atom is 0.213 e. The highest BCUT2D eigenvalue weighted by Gasteiger charge is 2.06. The number of phenolic OH excluding ortho intramolecular Hbond substituents is 1. The lowest BCUT2D eigenvalue weighted by molar-refractivity contribution is 0.325. The molecule has 14 heavy (non-hydrogen) atoms. The number of hydrogen-bond acceptors (Lipinski definition) is 4. The Balaban J connectivity index is 2.94. The summed E-state index contributed by atoms with van der Waals surface area (Å²) in [4.78, 5) is 0. The number of ether oxygens (including phenoxy) is 2. The van der Waals surface area contributed by atoms with Gasteiger partial charge in [-0.15, -0.1) is 0 Å². The van der Waals surface area contributed by atoms with Crippen molar-refractivity contribution in [2.24, 2.45) is 0 Å². The van der Waals surface area contributed by atoms with Gasteiger partial charge in [-0.05, 0) is 25.1 Å². The summed E-state index contributed by atoms with van der Waals surface area (Å²) in [5.74, 6) is 0.471. The molecule has 0 aliphatic heterocycles. The molecule has 76 valence electrons. The largest absolute Gasteiger partial charge is 0.504 e. The van der Waals surface area contributed by atoms with E-state index in [0.29, 0.717) is 17.9 Å². The van der Waals surface area contributed by atoms with Crippen LogP contribution in [0.25, 0.3) is 0 Å². The molecule has 0 aliphatic rings. The fourth-order valence-corrected chi connectivity index (χ4v) is 1.05. The van der Waals surface area contributed by atoms with Crippen molar-refractivity contribution < 1.29 is 14.6 Å². The molecule has 0 aromatic heterocycles. The molecule has 4 nitrogen and oxygen atoms in total. The van der Waals surface area contributed by atoms with Crippen LogP contribution in [0.3, 0.4) is 0 Å². The van der Waals surface area contributed by atoms with Crippen molar-refractivity contribution in [1.82, 2.24) is 0 Å². The minimum absolute atomic E-state index is 0.0561. The molecule has 0 radical (unpaired) electrons. The zero-order valence-electron chi connectivity index (χ0n) is 8.20. The molecular formula is C10H13NO3. The van der Waals surface area contributed by atoms with Gasteiger partial charge in [0, 0.05) is 5.56 Å². The highest BCUT2D eigenvalue weighted by Crippen LogP contribution is 2.26. The molecule has 0 spiro atoms. The molecule has 0 aliphatic carbocycles. The zero-order valence-corrected chi connectivity index (χ0v) is 8.20. The average Bonchev–Trinajstić information content (AvgIpc) is 2.19. The summed E-state index contributed by atoms with van der Waals surface area (Å²) >= 11 is 0. The highest BCUT2D eigenvalue weighted by atomic mass is 16.5. The first-order chi connectivity index (χ1) is 6.69. The van der Waals surface area contributed by atoms with Gasteiger partial charge in [-0.3, -0.25) is 5.41 Å². The van der Waals surface area contributed by atoms with Crippen LogP contribution in [-0.2, 0) is 4.74 Å². The van der Waals surface area contributed by atoms with Gasteiger partial charge in [0.1, 0.15) is 0 Å². The quantitative estimate of drug-likeness (QED) is 0.570. The lowest BCUT2D eigenvalue weighted by Gasteiger charge is -2.07. The first-order valence-corrected chi connectivity index (χ1v) is 4.27. The van der Waals surface area contributed by atoms with Crippen LogP contribution in [0, 0.1) is 5.41 Å². The van der Waals surface area contributed by atoms with Gasteiger partial charge in [-0.25, -0.2) is 0 Å². The van der Waals surface area contributed by atoms with Crippen LogP contribution in [0.4, 0.5) is 0 Å². The van der Waals surface area contributed by atoms with Crippen LogP contribution in [0.2, 0.25) is 0 Å². The highest BCUT2D eigenvalue weighted by molar-refractivity contribution is 5.92. The Labute approximate surface area is 82.6 Å². The van der Waals surface area contributed by atoms with Crippen LogP contribution in [0.15, 0.2) is 18.2 Å². The van der Waals surface area contributed by atoms with E-state index < -0.39 is 0 Å². The number of aromatic hydroxyl groups is 1. The number of hydrogen-bond donors (Lipinski definition) is 2. The molecular weight excluding hydrogens is 182 g/mol. The second-order valence-corrected chi connectivity index (χ2v) is 2.65. The molecule has 0 unspecified atom stereocenters. The first-order valence-electron chi connectivity index (χ1n) is 4.27. The van der Waals surface area contributed by atoms with Gasteiger partial charge in [0.15, 0.2) is 11.5 Å². The minimum Gasteiger partial charge on any atom is -0.504 e. The monoisotopic (exact) mass is 195 g/mol. The summed E-state index contributed by atoms with van der Waals surface area (Å²) in [6.07, 6.45) is 0. The SMILES string of the molecule is CCOC(=N)c1ccc(O)c(OC)c1. The van der Waals surface area contributed by atoms with E-state index in [1.807, 2.05) is 6.92 Å². The van der Waals surface area contributed by atoms with E-state index in [1.54, 1.807) is 12.1 Å². The lowest BCUT2D eigenvalue weighted by atomic mass is 10.2. The fourth-order valence-electron chi connectivity index (χ4n) is 1.05. The van der Waals surface area contributed by atoms with E-state index in [2.05, 4.69) is 0 Å². The summed E-state index contributed by atoms with van der Waals surface area (Å²) in [6, 6.07) is 4.64. The number of methoxy groups -OCH3 is 1. The van der Waals surface area contributed by atoms with Crippen molar-refractivity contribution in [2.75, 3.05) is 13.7 Å². The van der Waals surface area contributed by atoms with Crippen LogP contribution in [0.1, 0.15) is 12.5 Å². The molecule has 2 N–H and O–H groups in total. The van der Waals surface area contributed by atoms with Crippen LogP contribution >= 0.6 is 0 Å². The first kappa shape index (κ1) is 10.4. The number of nitrogens with one attached hydrogen (secondary N) is 1. The van der Waals surface area contributed by atoms with E-state index in [9.17, 15) is 5.11 Å². The summed E-state index contributed by atoms with van der Waals surface area (Å²) in [5, 5.41) is 16.8. The maximum atomic E-state index is 9.31. The Morgan fingerprint density at radius 1 is 1.50 bits per heavy atom. The molecule has 0 bridgehead atoms. The van der Waals surface area contributed by atoms with Gasteiger partial charge >= 0.3 is 0 Å². The Morgan fingerprint density at radius 3 is 2.79 bits per heavy atom. The Hall–Kier alpha value is -1.71. The van der Waals surface area contributed by atoms with Gasteiger partial charge in [-0.2, -0.15) is 0 Å². The summed E-state index contributed by atoms with van der Waals surface area (Å²) < 4.78 is 9.93. The predicted octanol–water partition coefficient (Wildman–Crippen LogP) is 1.76. The minimum atomic E-state index is 0.0561. The van der Waals surface area contributed by atoms with Gasteiger partial charge in [-0.1, -0.05) is 0 Å². The lowest BCUT2D eigenvalue weighted by Crippen LogP contribution is -2.04. The Bertz CT molecular complexity index is 336. The third-order valence-corrected chi connectivity index (χ3v) is 1.73. The van der Waals surface area contributed by atoms with Crippen LogP contribution in [0.5, 0.6) is 11.5 Å². The number of phenols is 1. The normalized spacial score (nSPS) is 9.57. The Kier molecular flexibility index (Phi) is 3.34. The summed E-state index contributed by atoms with van der Waals surface area (Å²) in [5.41, 5.74) is 0.585. The number of rotatable bonds is 3. The van der Waals surface area contributed by atoms with E-state index in [-0.39, 0.29) is 11.6 Å². The topological polar surface area (TPSA) is 62.5 Å². The van der Waals surface area contributed by atoms with Crippen molar-refractivity contribution >= 4 is 5.90 Å². The Morgan fingerprint density at radius 2 is 2.21 bits per heavy atom. The van der Waals surface area contributed by atoms with Crippen molar-refractivity contribution in [3.8, 4) is 11.5 Å². The van der Waals surface area contributed by atoms with Gasteiger partial charge in [0.2, 0.25) is 5.90 Å². The van der Waals surface area contributed by atoms with Gasteiger partial charge < -0.3 is 14.6 Å². The molecule has 0 amide bonds. The molecule has 0 saturated heterocycles. The van der Waals surface area contributed by atoms with Crippen LogP contribution < -0.4 is 4.74 Å². The number of benzene rings is 1. The van der Waals surface area contributed by atoms with Crippen molar-refractivity contribution in [1.29, 1.82) is 5.41 Å². The van der Waals surface area contributed by atoms with Crippen molar-refractivity contribution in [3.05, 3.63) is 23.8 Å². The molecule has 4 heteroatoms. The maximum absolute atomic E-state index is 9.31. The van der Waals surface area contributed by atoms with Crippen molar-refractivity contribution in [2.45, 2.75) is 6.92 Å². The second kappa shape index (κ2) is 4.50.